The lowest BCUT2D eigenvalue weighted by molar-refractivity contribution is 0.338. The SMILES string of the molecule is CCOc1ccc(-c2cc(N)on2)cc1C. The number of nitrogens with two attached hydrogens (primary N) is 1. The van der Waals surface area contributed by atoms with Gasteiger partial charge in [0.25, 0.3) is 0 Å². The summed E-state index contributed by atoms with van der Waals surface area (Å²) in [5, 5.41) is 3.86. The quantitative estimate of drug-likeness (QED) is 0.860. The molecule has 2 aromatic rings. The number of nitrogen functional groups attached to an aromatic ring is 1. The van der Waals surface area contributed by atoms with Crippen molar-refractivity contribution in [1.29, 1.82) is 0 Å². The van der Waals surface area contributed by atoms with Crippen molar-refractivity contribution in [2.45, 2.75) is 13.8 Å². The van der Waals surface area contributed by atoms with E-state index in [1.54, 1.807) is 6.07 Å². The van der Waals surface area contributed by atoms with Gasteiger partial charge in [-0.25, -0.2) is 0 Å². The minimum Gasteiger partial charge on any atom is -0.494 e. The maximum Gasteiger partial charge on any atom is 0.222 e. The van der Waals surface area contributed by atoms with Crippen LogP contribution in [0.1, 0.15) is 12.5 Å². The largest absolute Gasteiger partial charge is 0.494 e. The lowest BCUT2D eigenvalue weighted by Gasteiger charge is -2.07. The van der Waals surface area contributed by atoms with Crippen molar-refractivity contribution in [3.63, 3.8) is 0 Å². The molecule has 0 bridgehead atoms. The lowest BCUT2D eigenvalue weighted by atomic mass is 10.1. The number of nitrogens with zero attached hydrogens (tertiary/aromatic N) is 1. The van der Waals surface area contributed by atoms with Crippen molar-refractivity contribution in [2.24, 2.45) is 0 Å². The molecule has 4 nitrogen and oxygen atoms in total. The molecule has 0 amide bonds. The van der Waals surface area contributed by atoms with Crippen LogP contribution in [0.25, 0.3) is 11.3 Å². The first kappa shape index (κ1) is 10.5. The van der Waals surface area contributed by atoms with E-state index in [4.69, 9.17) is 15.0 Å². The van der Waals surface area contributed by atoms with Gasteiger partial charge in [-0.1, -0.05) is 5.16 Å². The Kier molecular flexibility index (Phi) is 2.81. The highest BCUT2D eigenvalue weighted by Crippen LogP contribution is 2.26. The molecule has 0 spiro atoms. The van der Waals surface area contributed by atoms with Gasteiger partial charge in [-0.05, 0) is 37.6 Å². The van der Waals surface area contributed by atoms with Crippen molar-refractivity contribution in [1.82, 2.24) is 5.16 Å². The molecule has 4 heteroatoms. The Hall–Kier alpha value is -1.97. The van der Waals surface area contributed by atoms with E-state index in [0.29, 0.717) is 12.5 Å². The van der Waals surface area contributed by atoms with Crippen molar-refractivity contribution in [3.05, 3.63) is 29.8 Å². The van der Waals surface area contributed by atoms with E-state index in [1.807, 2.05) is 32.0 Å². The highest BCUT2D eigenvalue weighted by Gasteiger charge is 2.06. The molecular formula is C12H14N2O2. The fraction of sp³-hybridized carbons (Fsp3) is 0.250. The van der Waals surface area contributed by atoms with Crippen LogP contribution in [0.3, 0.4) is 0 Å². The summed E-state index contributed by atoms with van der Waals surface area (Å²) in [5.41, 5.74) is 8.26. The monoisotopic (exact) mass is 218 g/mol. The summed E-state index contributed by atoms with van der Waals surface area (Å²) in [6.45, 7) is 4.63. The number of anilines is 1. The second kappa shape index (κ2) is 4.26. The second-order valence-corrected chi connectivity index (χ2v) is 3.53. The molecular weight excluding hydrogens is 204 g/mol. The lowest BCUT2D eigenvalue weighted by Crippen LogP contribution is -1.93. The maximum atomic E-state index is 5.48. The minimum absolute atomic E-state index is 0.321. The number of aromatic nitrogens is 1. The Morgan fingerprint density at radius 2 is 2.19 bits per heavy atom. The summed E-state index contributed by atoms with van der Waals surface area (Å²) in [6, 6.07) is 7.58. The van der Waals surface area contributed by atoms with E-state index in [9.17, 15) is 0 Å². The molecule has 0 saturated carbocycles. The van der Waals surface area contributed by atoms with Crippen LogP contribution in [0.5, 0.6) is 5.75 Å². The van der Waals surface area contributed by atoms with E-state index >= 15 is 0 Å². The zero-order chi connectivity index (χ0) is 11.5. The van der Waals surface area contributed by atoms with Gasteiger partial charge in [-0.15, -0.1) is 0 Å². The fourth-order valence-electron chi connectivity index (χ4n) is 1.55. The Bertz CT molecular complexity index is 492. The predicted molar refractivity (Wildman–Crippen MR) is 62.3 cm³/mol. The van der Waals surface area contributed by atoms with Crippen LogP contribution in [0.15, 0.2) is 28.8 Å². The molecule has 0 radical (unpaired) electrons. The highest BCUT2D eigenvalue weighted by molar-refractivity contribution is 5.63. The molecule has 16 heavy (non-hydrogen) atoms. The van der Waals surface area contributed by atoms with Gasteiger partial charge in [-0.2, -0.15) is 0 Å². The molecule has 0 saturated heterocycles. The van der Waals surface area contributed by atoms with Gasteiger partial charge in [0.15, 0.2) is 0 Å². The average Bonchev–Trinajstić information content (AvgIpc) is 2.68. The highest BCUT2D eigenvalue weighted by atomic mass is 16.5. The second-order valence-electron chi connectivity index (χ2n) is 3.53. The van der Waals surface area contributed by atoms with E-state index in [0.717, 1.165) is 22.6 Å². The predicted octanol–water partition coefficient (Wildman–Crippen LogP) is 2.63. The van der Waals surface area contributed by atoms with Gasteiger partial charge in [-0.3, -0.25) is 0 Å². The summed E-state index contributed by atoms with van der Waals surface area (Å²) in [5.74, 6) is 1.21. The molecule has 0 fully saturated rings. The van der Waals surface area contributed by atoms with Gasteiger partial charge in [0, 0.05) is 11.6 Å². The normalized spacial score (nSPS) is 10.4. The van der Waals surface area contributed by atoms with Gasteiger partial charge in [0.2, 0.25) is 5.88 Å². The first-order valence-electron chi connectivity index (χ1n) is 5.16. The van der Waals surface area contributed by atoms with Crippen LogP contribution >= 0.6 is 0 Å². The number of aryl methyl sites for hydroxylation is 1. The van der Waals surface area contributed by atoms with Crippen molar-refractivity contribution >= 4 is 5.88 Å². The van der Waals surface area contributed by atoms with E-state index in [2.05, 4.69) is 5.16 Å². The molecule has 0 aliphatic carbocycles. The molecule has 2 rings (SSSR count). The Morgan fingerprint density at radius 3 is 2.75 bits per heavy atom. The molecule has 0 aliphatic heterocycles. The third-order valence-electron chi connectivity index (χ3n) is 2.30. The molecule has 1 aromatic heterocycles. The molecule has 1 aromatic carbocycles. The first-order chi connectivity index (χ1) is 7.70. The third kappa shape index (κ3) is 2.00. The van der Waals surface area contributed by atoms with Crippen LogP contribution in [0, 0.1) is 6.92 Å². The Morgan fingerprint density at radius 1 is 1.38 bits per heavy atom. The summed E-state index contributed by atoms with van der Waals surface area (Å²) in [4.78, 5) is 0. The zero-order valence-electron chi connectivity index (χ0n) is 9.36. The van der Waals surface area contributed by atoms with Crippen LogP contribution in [0.4, 0.5) is 5.88 Å². The van der Waals surface area contributed by atoms with Gasteiger partial charge in [0.1, 0.15) is 11.4 Å². The maximum absolute atomic E-state index is 5.48. The molecule has 84 valence electrons. The number of benzene rings is 1. The van der Waals surface area contributed by atoms with Crippen molar-refractivity contribution < 1.29 is 9.26 Å². The molecule has 0 aliphatic rings. The first-order valence-corrected chi connectivity index (χ1v) is 5.16. The number of hydrogen-bond donors (Lipinski definition) is 1. The van der Waals surface area contributed by atoms with E-state index < -0.39 is 0 Å². The minimum atomic E-state index is 0.321. The summed E-state index contributed by atoms with van der Waals surface area (Å²) < 4.78 is 10.3. The van der Waals surface area contributed by atoms with Gasteiger partial charge in [0.05, 0.1) is 6.61 Å². The van der Waals surface area contributed by atoms with Crippen LogP contribution in [-0.4, -0.2) is 11.8 Å². The van der Waals surface area contributed by atoms with Crippen LogP contribution < -0.4 is 10.5 Å². The topological polar surface area (TPSA) is 61.3 Å². The number of rotatable bonds is 3. The van der Waals surface area contributed by atoms with Gasteiger partial charge < -0.3 is 15.0 Å². The van der Waals surface area contributed by atoms with Crippen LogP contribution in [0.2, 0.25) is 0 Å². The standard InChI is InChI=1S/C12H14N2O2/c1-3-15-11-5-4-9(6-8(11)2)10-7-12(13)16-14-10/h4-7H,3,13H2,1-2H3. The summed E-state index contributed by atoms with van der Waals surface area (Å²) in [7, 11) is 0. The zero-order valence-corrected chi connectivity index (χ0v) is 9.36. The van der Waals surface area contributed by atoms with E-state index in [-0.39, 0.29) is 0 Å². The Labute approximate surface area is 94.0 Å². The fourth-order valence-corrected chi connectivity index (χ4v) is 1.55. The molecule has 1 heterocycles. The van der Waals surface area contributed by atoms with E-state index in [1.165, 1.54) is 0 Å². The summed E-state index contributed by atoms with van der Waals surface area (Å²) >= 11 is 0. The number of hydrogen-bond acceptors (Lipinski definition) is 4. The van der Waals surface area contributed by atoms with Crippen LogP contribution in [-0.2, 0) is 0 Å². The summed E-state index contributed by atoms with van der Waals surface area (Å²) in [6.07, 6.45) is 0. The van der Waals surface area contributed by atoms with Crippen molar-refractivity contribution in [2.75, 3.05) is 12.3 Å². The number of ether oxygens (including phenoxy) is 1. The molecule has 0 unspecified atom stereocenters. The molecule has 0 atom stereocenters. The molecule has 2 N–H and O–H groups in total. The van der Waals surface area contributed by atoms with Gasteiger partial charge >= 0.3 is 0 Å². The Balaban J connectivity index is 2.34. The third-order valence-corrected chi connectivity index (χ3v) is 2.30. The average molecular weight is 218 g/mol. The van der Waals surface area contributed by atoms with Crippen molar-refractivity contribution in [3.8, 4) is 17.0 Å². The smallest absolute Gasteiger partial charge is 0.222 e.